The molecular formula is C20H21N3O3. The molecule has 1 aliphatic rings. The van der Waals surface area contributed by atoms with Crippen molar-refractivity contribution in [1.29, 1.82) is 0 Å². The van der Waals surface area contributed by atoms with E-state index in [4.69, 9.17) is 10.2 Å². The van der Waals surface area contributed by atoms with E-state index in [2.05, 4.69) is 5.32 Å². The molecule has 1 atom stereocenters. The zero-order valence-electron chi connectivity index (χ0n) is 14.4. The maximum atomic E-state index is 12.4. The normalized spacial score (nSPS) is 18.2. The van der Waals surface area contributed by atoms with E-state index in [0.29, 0.717) is 6.54 Å². The fourth-order valence-electron chi connectivity index (χ4n) is 3.64. The first-order valence-corrected chi connectivity index (χ1v) is 8.83. The molecule has 3 aromatic rings. The predicted octanol–water partition coefficient (Wildman–Crippen LogP) is 2.72. The molecule has 0 saturated carbocycles. The lowest BCUT2D eigenvalue weighted by molar-refractivity contribution is -0.125. The first-order chi connectivity index (χ1) is 12.6. The summed E-state index contributed by atoms with van der Waals surface area (Å²) in [7, 11) is 0. The second kappa shape index (κ2) is 6.80. The Balaban J connectivity index is 1.47. The number of hydrogen-bond donors (Lipinski definition) is 2. The number of amides is 2. The van der Waals surface area contributed by atoms with Gasteiger partial charge >= 0.3 is 0 Å². The van der Waals surface area contributed by atoms with Crippen LogP contribution in [0.15, 0.2) is 46.9 Å². The number of para-hydroxylation sites is 1. The zero-order valence-corrected chi connectivity index (χ0v) is 14.4. The van der Waals surface area contributed by atoms with Crippen molar-refractivity contribution >= 4 is 39.4 Å². The Morgan fingerprint density at radius 3 is 2.81 bits per heavy atom. The van der Waals surface area contributed by atoms with Gasteiger partial charge in [-0.15, -0.1) is 0 Å². The molecule has 0 spiro atoms. The van der Waals surface area contributed by atoms with E-state index < -0.39 is 0 Å². The Kier molecular flexibility index (Phi) is 4.34. The minimum atomic E-state index is -0.285. The van der Waals surface area contributed by atoms with Crippen molar-refractivity contribution in [1.82, 2.24) is 4.90 Å². The van der Waals surface area contributed by atoms with Crippen molar-refractivity contribution in [2.75, 3.05) is 25.0 Å². The molecule has 2 aromatic carbocycles. The van der Waals surface area contributed by atoms with Crippen molar-refractivity contribution in [3.8, 4) is 0 Å². The molecule has 1 fully saturated rings. The quantitative estimate of drug-likeness (QED) is 0.756. The van der Waals surface area contributed by atoms with Crippen LogP contribution in [0.1, 0.15) is 12.8 Å². The average Bonchev–Trinajstić information content (AvgIpc) is 3.00. The molecule has 2 amide bonds. The number of carbonyl (C=O) groups is 2. The molecule has 4 rings (SSSR count). The number of primary amides is 1. The molecule has 3 N–H and O–H groups in total. The SMILES string of the molecule is NC(=O)[C@H]1CCCN(CC(=O)Nc2ccc3oc4ccccc4c3c2)C1. The third-order valence-electron chi connectivity index (χ3n) is 4.94. The first-order valence-electron chi connectivity index (χ1n) is 8.83. The van der Waals surface area contributed by atoms with E-state index in [1.54, 1.807) is 0 Å². The van der Waals surface area contributed by atoms with Crippen molar-refractivity contribution < 1.29 is 14.0 Å². The number of hydrogen-bond acceptors (Lipinski definition) is 4. The van der Waals surface area contributed by atoms with Gasteiger partial charge in [-0.25, -0.2) is 0 Å². The molecule has 1 saturated heterocycles. The van der Waals surface area contributed by atoms with Crippen LogP contribution in [0.3, 0.4) is 0 Å². The Labute approximate surface area is 150 Å². The van der Waals surface area contributed by atoms with Crippen LogP contribution >= 0.6 is 0 Å². The number of likely N-dealkylation sites (tertiary alicyclic amines) is 1. The lowest BCUT2D eigenvalue weighted by atomic mass is 9.97. The number of nitrogens with zero attached hydrogens (tertiary/aromatic N) is 1. The molecule has 2 heterocycles. The highest BCUT2D eigenvalue weighted by atomic mass is 16.3. The number of rotatable bonds is 4. The number of nitrogens with two attached hydrogens (primary N) is 1. The molecule has 6 heteroatoms. The van der Waals surface area contributed by atoms with Gasteiger partial charge in [0.25, 0.3) is 0 Å². The molecule has 134 valence electrons. The van der Waals surface area contributed by atoms with E-state index in [1.807, 2.05) is 47.4 Å². The number of furan rings is 1. The highest BCUT2D eigenvalue weighted by Gasteiger charge is 2.25. The van der Waals surface area contributed by atoms with Gasteiger partial charge in [0.2, 0.25) is 11.8 Å². The second-order valence-electron chi connectivity index (χ2n) is 6.83. The van der Waals surface area contributed by atoms with E-state index in [1.165, 1.54) is 0 Å². The molecular weight excluding hydrogens is 330 g/mol. The molecule has 1 aromatic heterocycles. The standard InChI is InChI=1S/C20H21N3O3/c21-20(25)13-4-3-9-23(11-13)12-19(24)22-14-7-8-18-16(10-14)15-5-1-2-6-17(15)26-18/h1-2,5-8,10,13H,3-4,9,11-12H2,(H2,21,25)(H,22,24)/t13-/m0/s1. The minimum Gasteiger partial charge on any atom is -0.456 e. The number of piperidine rings is 1. The Morgan fingerprint density at radius 2 is 1.96 bits per heavy atom. The van der Waals surface area contributed by atoms with Gasteiger partial charge in [0.1, 0.15) is 11.2 Å². The van der Waals surface area contributed by atoms with Gasteiger partial charge in [-0.2, -0.15) is 0 Å². The summed E-state index contributed by atoms with van der Waals surface area (Å²) in [6, 6.07) is 13.5. The Bertz CT molecular complexity index is 979. The maximum absolute atomic E-state index is 12.4. The lowest BCUT2D eigenvalue weighted by Gasteiger charge is -2.30. The average molecular weight is 351 g/mol. The lowest BCUT2D eigenvalue weighted by Crippen LogP contribution is -2.44. The van der Waals surface area contributed by atoms with Crippen molar-refractivity contribution in [3.63, 3.8) is 0 Å². The van der Waals surface area contributed by atoms with Crippen LogP contribution in [0.4, 0.5) is 5.69 Å². The number of benzene rings is 2. The van der Waals surface area contributed by atoms with Gasteiger partial charge in [-0.3, -0.25) is 14.5 Å². The number of fused-ring (bicyclic) bond motifs is 3. The van der Waals surface area contributed by atoms with Crippen LogP contribution in [0.5, 0.6) is 0 Å². The van der Waals surface area contributed by atoms with Gasteiger partial charge in [0, 0.05) is 23.0 Å². The molecule has 0 radical (unpaired) electrons. The minimum absolute atomic E-state index is 0.0951. The maximum Gasteiger partial charge on any atom is 0.238 e. The van der Waals surface area contributed by atoms with E-state index >= 15 is 0 Å². The van der Waals surface area contributed by atoms with Crippen molar-refractivity contribution in [3.05, 3.63) is 42.5 Å². The monoisotopic (exact) mass is 351 g/mol. The van der Waals surface area contributed by atoms with Crippen LogP contribution in [0, 0.1) is 5.92 Å². The molecule has 0 bridgehead atoms. The number of nitrogens with one attached hydrogen (secondary N) is 1. The number of anilines is 1. The van der Waals surface area contributed by atoms with Crippen LogP contribution in [-0.2, 0) is 9.59 Å². The summed E-state index contributed by atoms with van der Waals surface area (Å²) in [6.45, 7) is 1.62. The largest absolute Gasteiger partial charge is 0.456 e. The van der Waals surface area contributed by atoms with Crippen molar-refractivity contribution in [2.24, 2.45) is 11.7 Å². The molecule has 1 aliphatic heterocycles. The third kappa shape index (κ3) is 3.28. The van der Waals surface area contributed by atoms with Crippen molar-refractivity contribution in [2.45, 2.75) is 12.8 Å². The summed E-state index contributed by atoms with van der Waals surface area (Å²) >= 11 is 0. The summed E-state index contributed by atoms with van der Waals surface area (Å²) in [6.07, 6.45) is 1.69. The van der Waals surface area contributed by atoms with E-state index in [9.17, 15) is 9.59 Å². The summed E-state index contributed by atoms with van der Waals surface area (Å²) in [5.41, 5.74) is 7.76. The van der Waals surface area contributed by atoms with Gasteiger partial charge < -0.3 is 15.5 Å². The van der Waals surface area contributed by atoms with E-state index in [-0.39, 0.29) is 24.3 Å². The summed E-state index contributed by atoms with van der Waals surface area (Å²) in [5, 5.41) is 4.95. The second-order valence-corrected chi connectivity index (χ2v) is 6.83. The summed E-state index contributed by atoms with van der Waals surface area (Å²) < 4.78 is 5.80. The number of carbonyl (C=O) groups excluding carboxylic acids is 2. The van der Waals surface area contributed by atoms with Gasteiger partial charge in [-0.1, -0.05) is 18.2 Å². The topological polar surface area (TPSA) is 88.6 Å². The fourth-order valence-corrected chi connectivity index (χ4v) is 3.64. The smallest absolute Gasteiger partial charge is 0.238 e. The van der Waals surface area contributed by atoms with Crippen LogP contribution in [-0.4, -0.2) is 36.3 Å². The highest BCUT2D eigenvalue weighted by Crippen LogP contribution is 2.30. The van der Waals surface area contributed by atoms with Crippen LogP contribution < -0.4 is 11.1 Å². The molecule has 26 heavy (non-hydrogen) atoms. The predicted molar refractivity (Wildman–Crippen MR) is 101 cm³/mol. The molecule has 6 nitrogen and oxygen atoms in total. The van der Waals surface area contributed by atoms with Gasteiger partial charge in [0.05, 0.1) is 12.5 Å². The first kappa shape index (κ1) is 16.6. The Morgan fingerprint density at radius 1 is 1.15 bits per heavy atom. The highest BCUT2D eigenvalue weighted by molar-refractivity contribution is 6.07. The summed E-state index contributed by atoms with van der Waals surface area (Å²) in [4.78, 5) is 25.8. The molecule has 0 unspecified atom stereocenters. The van der Waals surface area contributed by atoms with Gasteiger partial charge in [0.15, 0.2) is 0 Å². The van der Waals surface area contributed by atoms with Crippen LogP contribution in [0.25, 0.3) is 21.9 Å². The zero-order chi connectivity index (χ0) is 18.1. The summed E-state index contributed by atoms with van der Waals surface area (Å²) in [5.74, 6) is -0.542. The molecule has 0 aliphatic carbocycles. The Hall–Kier alpha value is -2.86. The van der Waals surface area contributed by atoms with E-state index in [0.717, 1.165) is 47.0 Å². The van der Waals surface area contributed by atoms with Crippen LogP contribution in [0.2, 0.25) is 0 Å². The van der Waals surface area contributed by atoms with Gasteiger partial charge in [-0.05, 0) is 43.7 Å². The third-order valence-corrected chi connectivity index (χ3v) is 4.94. The fraction of sp³-hybridized carbons (Fsp3) is 0.300.